The molecule has 0 nitrogen and oxygen atoms in total. The number of rotatable bonds is 4. The molecule has 0 aliphatic heterocycles. The maximum Gasteiger partial charge on any atom is 0.0657 e. The lowest BCUT2D eigenvalue weighted by Gasteiger charge is -2.08. The van der Waals surface area contributed by atoms with Gasteiger partial charge < -0.3 is 0 Å². The van der Waals surface area contributed by atoms with E-state index in [-0.39, 0.29) is 0 Å². The average molecular weight is 381 g/mol. The van der Waals surface area contributed by atoms with Crippen molar-refractivity contribution in [2.24, 2.45) is 0 Å². The second kappa shape index (κ2) is 6.34. The maximum absolute atomic E-state index is 5.53. The van der Waals surface area contributed by atoms with Crippen LogP contribution in [0, 0.1) is 0 Å². The van der Waals surface area contributed by atoms with E-state index >= 15 is 0 Å². The first-order chi connectivity index (χ1) is 6.69. The number of alkyl halides is 1. The van der Waals surface area contributed by atoms with Crippen LogP contribution in [0.15, 0.2) is 21.1 Å². The van der Waals surface area contributed by atoms with Crippen molar-refractivity contribution in [1.29, 1.82) is 0 Å². The van der Waals surface area contributed by atoms with E-state index in [1.807, 2.05) is 0 Å². The minimum Gasteiger partial charge on any atom is -0.0924 e. The van der Waals surface area contributed by atoms with E-state index in [1.165, 1.54) is 15.6 Å². The highest BCUT2D eigenvalue weighted by Crippen LogP contribution is 2.27. The van der Waals surface area contributed by atoms with Crippen molar-refractivity contribution in [2.45, 2.75) is 19.2 Å². The molecule has 0 unspecified atom stereocenters. The van der Waals surface area contributed by atoms with Crippen molar-refractivity contribution in [3.63, 3.8) is 0 Å². The van der Waals surface area contributed by atoms with Gasteiger partial charge in [-0.3, -0.25) is 0 Å². The molecule has 0 atom stereocenters. The van der Waals surface area contributed by atoms with Gasteiger partial charge in [-0.2, -0.15) is 0 Å². The number of hydrogen-bond donors (Lipinski definition) is 0. The topological polar surface area (TPSA) is 0 Å². The third-order valence-corrected chi connectivity index (χ3v) is 3.87. The molecule has 1 aromatic carbocycles. The summed E-state index contributed by atoms with van der Waals surface area (Å²) in [6, 6.07) is 4.31. The summed E-state index contributed by atoms with van der Waals surface area (Å²) < 4.78 is 2.32. The van der Waals surface area contributed by atoms with E-state index in [9.17, 15) is 0 Å². The Labute approximate surface area is 112 Å². The van der Waals surface area contributed by atoms with Gasteiger partial charge in [-0.15, -0.1) is 0 Å². The molecule has 0 bridgehead atoms. The van der Waals surface area contributed by atoms with Crippen molar-refractivity contribution in [3.8, 4) is 0 Å². The fourth-order valence-electron chi connectivity index (χ4n) is 1.27. The van der Waals surface area contributed by atoms with Crippen LogP contribution in [-0.2, 0) is 12.8 Å². The molecule has 0 amide bonds. The molecule has 0 saturated carbocycles. The minimum atomic E-state index is 0.683. The number of aryl methyl sites for hydroxylation is 2. The van der Waals surface area contributed by atoms with Gasteiger partial charge in [-0.25, -0.2) is 0 Å². The van der Waals surface area contributed by atoms with Crippen LogP contribution in [-0.4, -0.2) is 13.2 Å². The van der Waals surface area contributed by atoms with Crippen LogP contribution in [0.25, 0.3) is 0 Å². The molecule has 2 radical (unpaired) electrons. The molecule has 0 aliphatic rings. The predicted octanol–water partition coefficient (Wildman–Crippen LogP) is 4.28. The Hall–Kier alpha value is 0.725. The van der Waals surface area contributed by atoms with E-state index in [1.54, 1.807) is 0 Å². The molecule has 0 N–H and O–H groups in total. The van der Waals surface area contributed by atoms with Crippen LogP contribution in [0.5, 0.6) is 0 Å². The molecular weight excluding hydrogens is 371 g/mol. The highest BCUT2D eigenvalue weighted by molar-refractivity contribution is 9.11. The fourth-order valence-corrected chi connectivity index (χ4v) is 2.87. The minimum absolute atomic E-state index is 0.683. The van der Waals surface area contributed by atoms with Gasteiger partial charge in [0.25, 0.3) is 0 Å². The first-order valence-corrected chi connectivity index (χ1v) is 7.12. The Bertz CT molecular complexity index is 281. The Morgan fingerprint density at radius 3 is 1.93 bits per heavy atom. The normalized spacial score (nSPS) is 10.5. The van der Waals surface area contributed by atoms with Gasteiger partial charge in [0.2, 0.25) is 0 Å². The first-order valence-electron chi connectivity index (χ1n) is 4.42. The molecule has 0 heterocycles. The summed E-state index contributed by atoms with van der Waals surface area (Å²) in [5, 5.41) is 0.980. The summed E-state index contributed by atoms with van der Waals surface area (Å²) in [4.78, 5) is 0. The van der Waals surface area contributed by atoms with Gasteiger partial charge in [-0.1, -0.05) is 54.1 Å². The summed E-state index contributed by atoms with van der Waals surface area (Å²) in [7, 11) is 5.53. The summed E-state index contributed by atoms with van der Waals surface area (Å²) in [5.74, 6) is 0. The molecule has 0 spiro atoms. The van der Waals surface area contributed by atoms with E-state index in [2.05, 4.69) is 59.9 Å². The molecule has 0 aliphatic carbocycles. The van der Waals surface area contributed by atoms with Gasteiger partial charge in [-0.05, 0) is 36.1 Å². The zero-order chi connectivity index (χ0) is 10.6. The van der Waals surface area contributed by atoms with Crippen LogP contribution in [0.3, 0.4) is 0 Å². The molecular formula is C10H10BBr3. The second-order valence-corrected chi connectivity index (χ2v) is 5.51. The van der Waals surface area contributed by atoms with Gasteiger partial charge in [0, 0.05) is 14.3 Å². The lowest BCUT2D eigenvalue weighted by Crippen LogP contribution is -1.93. The number of halogens is 3. The monoisotopic (exact) mass is 378 g/mol. The van der Waals surface area contributed by atoms with Crippen LogP contribution >= 0.6 is 47.8 Å². The molecule has 0 saturated heterocycles. The molecule has 0 aromatic heterocycles. The number of benzene rings is 1. The Balaban J connectivity index is 2.97. The summed E-state index contributed by atoms with van der Waals surface area (Å²) in [6.07, 6.45) is 2.62. The predicted molar refractivity (Wildman–Crippen MR) is 73.6 cm³/mol. The highest BCUT2D eigenvalue weighted by Gasteiger charge is 2.05. The zero-order valence-corrected chi connectivity index (χ0v) is 12.5. The van der Waals surface area contributed by atoms with Crippen molar-refractivity contribution < 1.29 is 0 Å². The lowest BCUT2D eigenvalue weighted by molar-refractivity contribution is 1.08. The standard InChI is InChI=1S/C10H10BBr3/c11-3-1-7-5-10(14)8(2-4-12)6-9(7)13/h5-6H,1-4H2. The molecule has 1 rings (SSSR count). The third kappa shape index (κ3) is 3.39. The average Bonchev–Trinajstić information content (AvgIpc) is 2.14. The summed E-state index contributed by atoms with van der Waals surface area (Å²) >= 11 is 10.6. The fraction of sp³-hybridized carbons (Fsp3) is 0.400. The number of hydrogen-bond acceptors (Lipinski definition) is 0. The molecule has 0 fully saturated rings. The van der Waals surface area contributed by atoms with Crippen LogP contribution in [0.1, 0.15) is 11.1 Å². The van der Waals surface area contributed by atoms with Crippen molar-refractivity contribution in [3.05, 3.63) is 32.2 Å². The maximum atomic E-state index is 5.53. The van der Waals surface area contributed by atoms with Crippen LogP contribution in [0.4, 0.5) is 0 Å². The van der Waals surface area contributed by atoms with Gasteiger partial charge in [0.1, 0.15) is 0 Å². The zero-order valence-electron chi connectivity index (χ0n) is 7.69. The smallest absolute Gasteiger partial charge is 0.0657 e. The van der Waals surface area contributed by atoms with Crippen molar-refractivity contribution in [2.75, 3.05) is 5.33 Å². The van der Waals surface area contributed by atoms with E-state index < -0.39 is 0 Å². The van der Waals surface area contributed by atoms with E-state index in [0.717, 1.165) is 22.6 Å². The van der Waals surface area contributed by atoms with Crippen molar-refractivity contribution >= 4 is 55.6 Å². The lowest BCUT2D eigenvalue weighted by atomic mass is 9.96. The van der Waals surface area contributed by atoms with E-state index in [0.29, 0.717) is 6.32 Å². The van der Waals surface area contributed by atoms with E-state index in [4.69, 9.17) is 7.85 Å². The van der Waals surface area contributed by atoms with Gasteiger partial charge in [0.15, 0.2) is 0 Å². The van der Waals surface area contributed by atoms with Gasteiger partial charge >= 0.3 is 0 Å². The van der Waals surface area contributed by atoms with Gasteiger partial charge in [0.05, 0.1) is 7.85 Å². The molecule has 14 heavy (non-hydrogen) atoms. The summed E-state index contributed by atoms with van der Waals surface area (Å²) in [6.45, 7) is 0. The Morgan fingerprint density at radius 2 is 1.50 bits per heavy atom. The summed E-state index contributed by atoms with van der Waals surface area (Å²) in [5.41, 5.74) is 2.58. The third-order valence-electron chi connectivity index (χ3n) is 1.99. The molecule has 1 aromatic rings. The molecule has 74 valence electrons. The van der Waals surface area contributed by atoms with Crippen LogP contribution in [0.2, 0.25) is 6.32 Å². The quantitative estimate of drug-likeness (QED) is 0.540. The second-order valence-electron chi connectivity index (χ2n) is 3.01. The largest absolute Gasteiger partial charge is 0.0924 e. The van der Waals surface area contributed by atoms with Crippen molar-refractivity contribution in [1.82, 2.24) is 0 Å². The highest BCUT2D eigenvalue weighted by atomic mass is 79.9. The first kappa shape index (κ1) is 12.8. The van der Waals surface area contributed by atoms with Crippen LogP contribution < -0.4 is 0 Å². The Kier molecular flexibility index (Phi) is 5.79. The SMILES string of the molecule is [B]CCc1cc(Br)c(CCBr)cc1Br. The molecule has 4 heteroatoms. The Morgan fingerprint density at radius 1 is 1.00 bits per heavy atom.